The molecular formula is C17H28N2O4S2. The minimum absolute atomic E-state index is 0.131. The fourth-order valence-corrected chi connectivity index (χ4v) is 3.68. The molecule has 0 spiro atoms. The zero-order chi connectivity index (χ0) is 19.1. The third-order valence-electron chi connectivity index (χ3n) is 3.08. The van der Waals surface area contributed by atoms with E-state index in [1.165, 1.54) is 0 Å². The van der Waals surface area contributed by atoms with Gasteiger partial charge in [-0.25, -0.2) is 8.42 Å². The molecule has 0 aliphatic carbocycles. The summed E-state index contributed by atoms with van der Waals surface area (Å²) >= 11 is 1.74. The molecule has 0 aliphatic heterocycles. The first-order valence-corrected chi connectivity index (χ1v) is 11.0. The maximum absolute atomic E-state index is 12.1. The minimum atomic E-state index is -3.57. The van der Waals surface area contributed by atoms with Gasteiger partial charge in [0.25, 0.3) is 0 Å². The lowest BCUT2D eigenvalue weighted by Gasteiger charge is -2.22. The Morgan fingerprint density at radius 2 is 1.84 bits per heavy atom. The van der Waals surface area contributed by atoms with E-state index in [1.807, 2.05) is 6.92 Å². The summed E-state index contributed by atoms with van der Waals surface area (Å²) in [6.45, 7) is 8.99. The van der Waals surface area contributed by atoms with Gasteiger partial charge in [0, 0.05) is 17.0 Å². The highest BCUT2D eigenvalue weighted by molar-refractivity contribution is 8.00. The van der Waals surface area contributed by atoms with Gasteiger partial charge in [-0.05, 0) is 31.2 Å². The van der Waals surface area contributed by atoms with E-state index in [1.54, 1.807) is 36.0 Å². The zero-order valence-corrected chi connectivity index (χ0v) is 17.2. The molecule has 25 heavy (non-hydrogen) atoms. The number of carbonyl (C=O) groups is 1. The lowest BCUT2D eigenvalue weighted by atomic mass is 10.3. The standard InChI is InChI=1S/C17H28N2O4S2/c1-6-23-15-9-7-14(8-10-15)19(25(5,21)22)13-16(20)18-11-12-24-17(2,3)4/h7-10H,6,11-13H2,1-5H3,(H,18,20). The van der Waals surface area contributed by atoms with E-state index >= 15 is 0 Å². The summed E-state index contributed by atoms with van der Waals surface area (Å²) in [7, 11) is -3.57. The Kier molecular flexibility index (Phi) is 8.08. The van der Waals surface area contributed by atoms with Gasteiger partial charge < -0.3 is 10.1 Å². The number of hydrogen-bond acceptors (Lipinski definition) is 5. The molecular weight excluding hydrogens is 360 g/mol. The molecule has 6 nitrogen and oxygen atoms in total. The number of nitrogens with zero attached hydrogens (tertiary/aromatic N) is 1. The number of nitrogens with one attached hydrogen (secondary N) is 1. The van der Waals surface area contributed by atoms with Gasteiger partial charge in [0.05, 0.1) is 18.6 Å². The highest BCUT2D eigenvalue weighted by Gasteiger charge is 2.21. The summed E-state index contributed by atoms with van der Waals surface area (Å²) in [5.41, 5.74) is 0.435. The van der Waals surface area contributed by atoms with Crippen LogP contribution in [-0.2, 0) is 14.8 Å². The SMILES string of the molecule is CCOc1ccc(N(CC(=O)NCCSC(C)(C)C)S(C)(=O)=O)cc1. The second-order valence-electron chi connectivity index (χ2n) is 6.51. The molecule has 142 valence electrons. The fraction of sp³-hybridized carbons (Fsp3) is 0.588. The van der Waals surface area contributed by atoms with Gasteiger partial charge in [-0.2, -0.15) is 11.8 Å². The maximum atomic E-state index is 12.1. The number of carbonyl (C=O) groups excluding carboxylic acids is 1. The predicted molar refractivity (Wildman–Crippen MR) is 105 cm³/mol. The number of amides is 1. The summed E-state index contributed by atoms with van der Waals surface area (Å²) in [5.74, 6) is 1.11. The highest BCUT2D eigenvalue weighted by Crippen LogP contribution is 2.23. The maximum Gasteiger partial charge on any atom is 0.240 e. The normalized spacial score (nSPS) is 11.9. The average Bonchev–Trinajstić information content (AvgIpc) is 2.48. The number of ether oxygens (including phenoxy) is 1. The molecule has 0 atom stereocenters. The van der Waals surface area contributed by atoms with E-state index in [4.69, 9.17) is 4.74 Å². The van der Waals surface area contributed by atoms with Crippen LogP contribution in [0.3, 0.4) is 0 Å². The molecule has 0 unspecified atom stereocenters. The van der Waals surface area contributed by atoms with Crippen LogP contribution in [0.5, 0.6) is 5.75 Å². The van der Waals surface area contributed by atoms with Crippen molar-refractivity contribution < 1.29 is 17.9 Å². The Labute approximate surface area is 155 Å². The smallest absolute Gasteiger partial charge is 0.240 e. The van der Waals surface area contributed by atoms with E-state index in [-0.39, 0.29) is 17.2 Å². The molecule has 0 fully saturated rings. The second kappa shape index (κ2) is 9.33. The van der Waals surface area contributed by atoms with E-state index in [0.29, 0.717) is 24.6 Å². The van der Waals surface area contributed by atoms with Gasteiger partial charge in [-0.15, -0.1) is 0 Å². The predicted octanol–water partition coefficient (Wildman–Crippen LogP) is 2.50. The largest absolute Gasteiger partial charge is 0.494 e. The van der Waals surface area contributed by atoms with E-state index < -0.39 is 10.0 Å². The van der Waals surface area contributed by atoms with Crippen molar-refractivity contribution >= 4 is 33.4 Å². The first-order chi connectivity index (χ1) is 11.5. The molecule has 0 bridgehead atoms. The summed E-state index contributed by atoms with van der Waals surface area (Å²) in [4.78, 5) is 12.1. The van der Waals surface area contributed by atoms with Crippen molar-refractivity contribution in [2.75, 3.05) is 36.0 Å². The third-order valence-corrected chi connectivity index (χ3v) is 5.50. The molecule has 0 aromatic heterocycles. The lowest BCUT2D eigenvalue weighted by molar-refractivity contribution is -0.119. The lowest BCUT2D eigenvalue weighted by Crippen LogP contribution is -2.41. The fourth-order valence-electron chi connectivity index (χ4n) is 2.01. The first-order valence-electron chi connectivity index (χ1n) is 8.14. The quantitative estimate of drug-likeness (QED) is 0.658. The Morgan fingerprint density at radius 1 is 1.24 bits per heavy atom. The Balaban J connectivity index is 2.69. The van der Waals surface area contributed by atoms with E-state index in [9.17, 15) is 13.2 Å². The van der Waals surface area contributed by atoms with Gasteiger partial charge in [0.15, 0.2) is 0 Å². The van der Waals surface area contributed by atoms with Crippen molar-refractivity contribution in [3.05, 3.63) is 24.3 Å². The molecule has 0 aliphatic rings. The van der Waals surface area contributed by atoms with Crippen molar-refractivity contribution in [3.8, 4) is 5.75 Å². The molecule has 1 rings (SSSR count). The van der Waals surface area contributed by atoms with Crippen LogP contribution in [0.15, 0.2) is 24.3 Å². The zero-order valence-electron chi connectivity index (χ0n) is 15.5. The molecule has 1 aromatic rings. The molecule has 8 heteroatoms. The molecule has 0 saturated heterocycles. The molecule has 0 radical (unpaired) electrons. The number of thioether (sulfide) groups is 1. The Hall–Kier alpha value is -1.41. The van der Waals surface area contributed by atoms with Crippen molar-refractivity contribution in [1.29, 1.82) is 0 Å². The van der Waals surface area contributed by atoms with Gasteiger partial charge in [0.2, 0.25) is 15.9 Å². The van der Waals surface area contributed by atoms with Gasteiger partial charge in [-0.3, -0.25) is 9.10 Å². The summed E-state index contributed by atoms with van der Waals surface area (Å²) in [5, 5.41) is 2.77. The molecule has 1 amide bonds. The van der Waals surface area contributed by atoms with Crippen LogP contribution in [0.25, 0.3) is 0 Å². The van der Waals surface area contributed by atoms with E-state index in [2.05, 4.69) is 26.1 Å². The Morgan fingerprint density at radius 3 is 2.32 bits per heavy atom. The molecule has 0 saturated carbocycles. The second-order valence-corrected chi connectivity index (χ2v) is 10.3. The summed E-state index contributed by atoms with van der Waals surface area (Å²) in [6.07, 6.45) is 1.09. The average molecular weight is 389 g/mol. The molecule has 1 aromatic carbocycles. The number of rotatable bonds is 9. The topological polar surface area (TPSA) is 75.7 Å². The van der Waals surface area contributed by atoms with Crippen molar-refractivity contribution in [2.45, 2.75) is 32.4 Å². The van der Waals surface area contributed by atoms with Crippen molar-refractivity contribution in [3.63, 3.8) is 0 Å². The Bertz CT molecular complexity index is 652. The minimum Gasteiger partial charge on any atom is -0.494 e. The summed E-state index contributed by atoms with van der Waals surface area (Å²) in [6, 6.07) is 6.65. The third kappa shape index (κ3) is 8.49. The van der Waals surface area contributed by atoms with Crippen LogP contribution < -0.4 is 14.4 Å². The molecule has 0 heterocycles. The van der Waals surface area contributed by atoms with Gasteiger partial charge in [-0.1, -0.05) is 20.8 Å². The summed E-state index contributed by atoms with van der Waals surface area (Å²) < 4.78 is 30.7. The van der Waals surface area contributed by atoms with Gasteiger partial charge in [0.1, 0.15) is 12.3 Å². The number of hydrogen-bond donors (Lipinski definition) is 1. The monoisotopic (exact) mass is 388 g/mol. The van der Waals surface area contributed by atoms with Crippen LogP contribution in [0.4, 0.5) is 5.69 Å². The van der Waals surface area contributed by atoms with Gasteiger partial charge >= 0.3 is 0 Å². The van der Waals surface area contributed by atoms with Crippen LogP contribution in [0, 0.1) is 0 Å². The van der Waals surface area contributed by atoms with Crippen LogP contribution in [-0.4, -0.2) is 50.8 Å². The van der Waals surface area contributed by atoms with Crippen molar-refractivity contribution in [1.82, 2.24) is 5.32 Å². The van der Waals surface area contributed by atoms with E-state index in [0.717, 1.165) is 16.3 Å². The number of benzene rings is 1. The first kappa shape index (κ1) is 21.6. The van der Waals surface area contributed by atoms with Crippen molar-refractivity contribution in [2.24, 2.45) is 0 Å². The van der Waals surface area contributed by atoms with Crippen LogP contribution in [0.2, 0.25) is 0 Å². The number of sulfonamides is 1. The molecule has 1 N–H and O–H groups in total. The van der Waals surface area contributed by atoms with Crippen LogP contribution >= 0.6 is 11.8 Å². The highest BCUT2D eigenvalue weighted by atomic mass is 32.2. The van der Waals surface area contributed by atoms with Crippen LogP contribution in [0.1, 0.15) is 27.7 Å². The number of anilines is 1.